The molecule has 4 aromatic rings. The molecule has 1 unspecified atom stereocenters. The van der Waals surface area contributed by atoms with Gasteiger partial charge in [0, 0.05) is 17.1 Å². The van der Waals surface area contributed by atoms with Crippen molar-refractivity contribution in [3.8, 4) is 0 Å². The number of benzene rings is 3. The maximum Gasteiger partial charge on any atom is 0.319 e. The fourth-order valence-electron chi connectivity index (χ4n) is 3.70. The van der Waals surface area contributed by atoms with Gasteiger partial charge in [0.1, 0.15) is 5.69 Å². The van der Waals surface area contributed by atoms with Crippen molar-refractivity contribution in [3.63, 3.8) is 0 Å². The first-order chi connectivity index (χ1) is 14.7. The van der Waals surface area contributed by atoms with E-state index in [9.17, 15) is 4.79 Å². The first kappa shape index (κ1) is 18.5. The number of aliphatic imine (C=N–C) groups is 1. The van der Waals surface area contributed by atoms with Crippen LogP contribution in [-0.4, -0.2) is 16.9 Å². The molecule has 1 aliphatic rings. The van der Waals surface area contributed by atoms with E-state index < -0.39 is 0 Å². The van der Waals surface area contributed by atoms with E-state index >= 15 is 0 Å². The SMILES string of the molecule is CC(NC(=O)Nc1ccc2c(c1)[NH2+]C(c1cscn1)=N2)c1cccc2ccccc12. The number of fused-ring (bicyclic) bond motifs is 2. The molecule has 1 aliphatic heterocycles. The fraction of sp³-hybridized carbons (Fsp3) is 0.0870. The molecular formula is C23H20N5OS+. The molecule has 0 radical (unpaired) electrons. The van der Waals surface area contributed by atoms with E-state index in [1.165, 1.54) is 0 Å². The third-order valence-corrected chi connectivity index (χ3v) is 5.74. The maximum atomic E-state index is 12.6. The molecular weight excluding hydrogens is 394 g/mol. The minimum Gasteiger partial charge on any atom is -0.331 e. The van der Waals surface area contributed by atoms with Crippen molar-refractivity contribution >= 4 is 51.0 Å². The van der Waals surface area contributed by atoms with Crippen LogP contribution in [0.4, 0.5) is 21.9 Å². The quantitative estimate of drug-likeness (QED) is 0.431. The molecule has 0 aliphatic carbocycles. The van der Waals surface area contributed by atoms with Crippen LogP contribution in [0.25, 0.3) is 10.8 Å². The van der Waals surface area contributed by atoms with Crippen LogP contribution in [0.2, 0.25) is 0 Å². The molecule has 3 aromatic carbocycles. The number of carbonyl (C=O) groups excluding carboxylic acids is 1. The Kier molecular flexibility index (Phi) is 4.74. The molecule has 30 heavy (non-hydrogen) atoms. The van der Waals surface area contributed by atoms with Gasteiger partial charge in [-0.25, -0.2) is 9.78 Å². The lowest BCUT2D eigenvalue weighted by molar-refractivity contribution is -0.437. The van der Waals surface area contributed by atoms with E-state index in [1.807, 2.05) is 54.0 Å². The summed E-state index contributed by atoms with van der Waals surface area (Å²) in [6.07, 6.45) is 0. The number of thiazole rings is 1. The number of amidine groups is 1. The highest BCUT2D eigenvalue weighted by molar-refractivity contribution is 7.07. The fourth-order valence-corrected chi connectivity index (χ4v) is 4.24. The number of hydrogen-bond donors (Lipinski definition) is 3. The lowest BCUT2D eigenvalue weighted by Gasteiger charge is -2.17. The highest BCUT2D eigenvalue weighted by Crippen LogP contribution is 2.29. The summed E-state index contributed by atoms with van der Waals surface area (Å²) in [6, 6.07) is 19.7. The van der Waals surface area contributed by atoms with Gasteiger partial charge in [-0.15, -0.1) is 11.3 Å². The van der Waals surface area contributed by atoms with E-state index in [4.69, 9.17) is 0 Å². The summed E-state index contributed by atoms with van der Waals surface area (Å²) < 4.78 is 0. The number of nitrogens with zero attached hydrogens (tertiary/aromatic N) is 2. The number of nitrogens with two attached hydrogens (primary N) is 1. The first-order valence-electron chi connectivity index (χ1n) is 9.68. The molecule has 0 spiro atoms. The Hall–Kier alpha value is -3.55. The van der Waals surface area contributed by atoms with Gasteiger partial charge in [-0.1, -0.05) is 42.5 Å². The minimum absolute atomic E-state index is 0.128. The zero-order chi connectivity index (χ0) is 20.5. The van der Waals surface area contributed by atoms with Gasteiger partial charge in [0.2, 0.25) is 0 Å². The van der Waals surface area contributed by atoms with Crippen molar-refractivity contribution in [1.82, 2.24) is 10.3 Å². The van der Waals surface area contributed by atoms with E-state index in [1.54, 1.807) is 16.8 Å². The van der Waals surface area contributed by atoms with Gasteiger partial charge in [0.25, 0.3) is 5.84 Å². The smallest absolute Gasteiger partial charge is 0.319 e. The lowest BCUT2D eigenvalue weighted by atomic mass is 10.00. The Morgan fingerprint density at radius 2 is 1.97 bits per heavy atom. The predicted octanol–water partition coefficient (Wildman–Crippen LogP) is 4.47. The van der Waals surface area contributed by atoms with E-state index in [2.05, 4.69) is 44.9 Å². The second-order valence-electron chi connectivity index (χ2n) is 7.18. The van der Waals surface area contributed by atoms with Crippen LogP contribution in [0.1, 0.15) is 24.2 Å². The van der Waals surface area contributed by atoms with Crippen molar-refractivity contribution in [2.75, 3.05) is 5.32 Å². The molecule has 1 atom stereocenters. The number of rotatable bonds is 4. The second kappa shape index (κ2) is 7.70. The Balaban J connectivity index is 1.27. The normalized spacial score (nSPS) is 13.6. The van der Waals surface area contributed by atoms with E-state index in [0.717, 1.165) is 44.9 Å². The maximum absolute atomic E-state index is 12.6. The number of nitrogens with one attached hydrogen (secondary N) is 2. The van der Waals surface area contributed by atoms with Crippen LogP contribution in [0.3, 0.4) is 0 Å². The Morgan fingerprint density at radius 3 is 2.83 bits per heavy atom. The molecule has 2 amide bonds. The summed E-state index contributed by atoms with van der Waals surface area (Å²) in [4.78, 5) is 21.5. The minimum atomic E-state index is -0.242. The summed E-state index contributed by atoms with van der Waals surface area (Å²) in [7, 11) is 0. The van der Waals surface area contributed by atoms with Gasteiger partial charge in [-0.3, -0.25) is 5.32 Å². The average molecular weight is 415 g/mol. The van der Waals surface area contributed by atoms with Crippen LogP contribution < -0.4 is 16.0 Å². The molecule has 4 N–H and O–H groups in total. The van der Waals surface area contributed by atoms with Gasteiger partial charge in [0.15, 0.2) is 11.4 Å². The van der Waals surface area contributed by atoms with Crippen molar-refractivity contribution < 1.29 is 10.1 Å². The predicted molar refractivity (Wildman–Crippen MR) is 121 cm³/mol. The van der Waals surface area contributed by atoms with Gasteiger partial charge < -0.3 is 10.6 Å². The zero-order valence-corrected chi connectivity index (χ0v) is 17.1. The summed E-state index contributed by atoms with van der Waals surface area (Å²) in [5.41, 5.74) is 6.33. The molecule has 6 nitrogen and oxygen atoms in total. The number of quaternary nitrogens is 1. The number of urea groups is 1. The first-order valence-corrected chi connectivity index (χ1v) is 10.6. The third-order valence-electron chi connectivity index (χ3n) is 5.15. The summed E-state index contributed by atoms with van der Waals surface area (Å²) in [6.45, 7) is 1.99. The molecule has 2 heterocycles. The van der Waals surface area contributed by atoms with Gasteiger partial charge >= 0.3 is 6.03 Å². The Labute approximate surface area is 177 Å². The highest BCUT2D eigenvalue weighted by atomic mass is 32.1. The van der Waals surface area contributed by atoms with E-state index in [0.29, 0.717) is 0 Å². The zero-order valence-electron chi connectivity index (χ0n) is 16.3. The number of aromatic nitrogens is 1. The van der Waals surface area contributed by atoms with Crippen LogP contribution in [-0.2, 0) is 0 Å². The van der Waals surface area contributed by atoms with Crippen LogP contribution in [0, 0.1) is 0 Å². The summed E-state index contributed by atoms with van der Waals surface area (Å²) in [5.74, 6) is 0.845. The number of hydrogen-bond acceptors (Lipinski definition) is 4. The van der Waals surface area contributed by atoms with Crippen LogP contribution in [0.5, 0.6) is 0 Å². The number of carbonyl (C=O) groups is 1. The molecule has 0 saturated carbocycles. The molecule has 148 valence electrons. The Bertz CT molecular complexity index is 1260. The number of amides is 2. The van der Waals surface area contributed by atoms with Gasteiger partial charge in [0.05, 0.1) is 11.6 Å². The van der Waals surface area contributed by atoms with Crippen molar-refractivity contribution in [2.45, 2.75) is 13.0 Å². The molecule has 0 saturated heterocycles. The summed E-state index contributed by atoms with van der Waals surface area (Å²) in [5, 5.41) is 12.2. The standard InChI is InChI=1S/C23H19N5OS/c1-14(17-8-4-6-15-5-2-3-7-18(15)17)25-23(29)26-16-9-10-19-20(11-16)28-22(27-19)21-12-30-13-24-21/h2-14H,1H3,(H,27,28)(H2,25,26,29)/p+1. The van der Waals surface area contributed by atoms with Gasteiger partial charge in [-0.2, -0.15) is 4.99 Å². The number of anilines is 1. The van der Waals surface area contributed by atoms with Gasteiger partial charge in [-0.05, 0) is 35.4 Å². The third kappa shape index (κ3) is 3.56. The molecule has 0 fully saturated rings. The van der Waals surface area contributed by atoms with Crippen molar-refractivity contribution in [1.29, 1.82) is 0 Å². The molecule has 7 heteroatoms. The highest BCUT2D eigenvalue weighted by Gasteiger charge is 2.23. The topological polar surface area (TPSA) is 83.0 Å². The van der Waals surface area contributed by atoms with Crippen LogP contribution >= 0.6 is 11.3 Å². The van der Waals surface area contributed by atoms with Crippen LogP contribution in [0.15, 0.2) is 76.5 Å². The lowest BCUT2D eigenvalue weighted by Crippen LogP contribution is -2.80. The monoisotopic (exact) mass is 414 g/mol. The van der Waals surface area contributed by atoms with Crippen molar-refractivity contribution in [3.05, 3.63) is 82.8 Å². The average Bonchev–Trinajstić information content (AvgIpc) is 3.42. The molecule has 0 bridgehead atoms. The molecule has 1 aromatic heterocycles. The van der Waals surface area contributed by atoms with E-state index in [-0.39, 0.29) is 12.1 Å². The Morgan fingerprint density at radius 1 is 1.10 bits per heavy atom. The molecule has 5 rings (SSSR count). The summed E-state index contributed by atoms with van der Waals surface area (Å²) >= 11 is 1.54. The largest absolute Gasteiger partial charge is 0.331 e. The second-order valence-corrected chi connectivity index (χ2v) is 7.90. The van der Waals surface area contributed by atoms with Crippen molar-refractivity contribution in [2.24, 2.45) is 4.99 Å².